The normalized spacial score (nSPS) is 17.1. The number of hydrogen-bond donors (Lipinski definition) is 0. The number of ether oxygens (including phenoxy) is 1. The summed E-state index contributed by atoms with van der Waals surface area (Å²) < 4.78 is 4.65. The highest BCUT2D eigenvalue weighted by Gasteiger charge is 2.33. The van der Waals surface area contributed by atoms with Crippen LogP contribution in [0.1, 0.15) is 11.1 Å². The van der Waals surface area contributed by atoms with Crippen molar-refractivity contribution in [2.75, 3.05) is 7.11 Å². The van der Waals surface area contributed by atoms with Crippen molar-refractivity contribution in [3.05, 3.63) is 89.6 Å². The van der Waals surface area contributed by atoms with E-state index in [2.05, 4.69) is 14.8 Å². The van der Waals surface area contributed by atoms with E-state index in [0.717, 1.165) is 29.0 Å². The highest BCUT2D eigenvalue weighted by atomic mass is 32.2. The average molecular weight is 405 g/mol. The van der Waals surface area contributed by atoms with Gasteiger partial charge in [0, 0.05) is 6.21 Å². The number of aliphatic imine (C=N–C) groups is 1. The number of hydrogen-bond acceptors (Lipinski definition) is 6. The molecule has 146 valence electrons. The molecule has 3 rings (SSSR count). The van der Waals surface area contributed by atoms with E-state index >= 15 is 0 Å². The first-order valence-corrected chi connectivity index (χ1v) is 9.65. The van der Waals surface area contributed by atoms with Crippen molar-refractivity contribution in [3.8, 4) is 0 Å². The number of methoxy groups -OCH3 is 1. The number of thioether (sulfide) groups is 1. The van der Waals surface area contributed by atoms with E-state index in [1.165, 1.54) is 12.1 Å². The molecule has 0 atom stereocenters. The maximum Gasteiger partial charge on any atom is 0.332 e. The van der Waals surface area contributed by atoms with Gasteiger partial charge in [0.15, 0.2) is 5.17 Å². The van der Waals surface area contributed by atoms with Crippen molar-refractivity contribution in [1.29, 1.82) is 0 Å². The van der Waals surface area contributed by atoms with Crippen molar-refractivity contribution in [2.45, 2.75) is 6.54 Å². The van der Waals surface area contributed by atoms with E-state index in [1.807, 2.05) is 66.7 Å². The molecule has 1 fully saturated rings. The van der Waals surface area contributed by atoms with Gasteiger partial charge in [-0.05, 0) is 29.0 Å². The molecule has 0 spiro atoms. The SMILES string of the molecule is COC(=O)/C=C1\C(=O)SC(=NCc2ccccc2)N1/N=C/C=C/c1ccccc1. The number of amidine groups is 1. The number of nitrogens with zero attached hydrogens (tertiary/aromatic N) is 3. The number of benzene rings is 2. The molecule has 2 aromatic rings. The summed E-state index contributed by atoms with van der Waals surface area (Å²) in [6.07, 6.45) is 6.32. The Labute approximate surface area is 173 Å². The largest absolute Gasteiger partial charge is 0.466 e. The number of rotatable bonds is 6. The maximum absolute atomic E-state index is 12.4. The summed E-state index contributed by atoms with van der Waals surface area (Å²) in [5.41, 5.74) is 2.14. The second-order valence-corrected chi connectivity index (χ2v) is 6.81. The van der Waals surface area contributed by atoms with Gasteiger partial charge in [-0.2, -0.15) is 5.10 Å². The topological polar surface area (TPSA) is 71.3 Å². The van der Waals surface area contributed by atoms with Gasteiger partial charge in [0.2, 0.25) is 5.12 Å². The van der Waals surface area contributed by atoms with Crippen LogP contribution in [0, 0.1) is 0 Å². The van der Waals surface area contributed by atoms with Crippen LogP contribution >= 0.6 is 11.8 Å². The van der Waals surface area contributed by atoms with E-state index in [-0.39, 0.29) is 10.8 Å². The second-order valence-electron chi connectivity index (χ2n) is 5.87. The van der Waals surface area contributed by atoms with Gasteiger partial charge in [0.25, 0.3) is 0 Å². The molecule has 0 saturated carbocycles. The van der Waals surface area contributed by atoms with Crippen molar-refractivity contribution < 1.29 is 14.3 Å². The van der Waals surface area contributed by atoms with Crippen LogP contribution in [-0.4, -0.2) is 34.6 Å². The molecule has 29 heavy (non-hydrogen) atoms. The summed E-state index contributed by atoms with van der Waals surface area (Å²) in [6, 6.07) is 19.4. The Kier molecular flexibility index (Phi) is 7.13. The van der Waals surface area contributed by atoms with Crippen LogP contribution in [0.3, 0.4) is 0 Å². The lowest BCUT2D eigenvalue weighted by Gasteiger charge is -2.11. The fourth-order valence-electron chi connectivity index (χ4n) is 2.44. The molecule has 0 aromatic heterocycles. The Bertz CT molecular complexity index is 983. The Balaban J connectivity index is 1.83. The number of allylic oxidation sites excluding steroid dienone is 1. The zero-order valence-corrected chi connectivity index (χ0v) is 16.6. The second kappa shape index (κ2) is 10.2. The predicted octanol–water partition coefficient (Wildman–Crippen LogP) is 3.87. The van der Waals surface area contributed by atoms with Crippen LogP contribution < -0.4 is 0 Å². The zero-order valence-electron chi connectivity index (χ0n) is 15.8. The van der Waals surface area contributed by atoms with Crippen LogP contribution in [0.15, 0.2) is 88.6 Å². The lowest BCUT2D eigenvalue weighted by Crippen LogP contribution is -2.18. The third kappa shape index (κ3) is 5.76. The van der Waals surface area contributed by atoms with E-state index < -0.39 is 5.97 Å². The molecule has 0 bridgehead atoms. The third-order valence-corrected chi connectivity index (χ3v) is 4.73. The molecule has 0 radical (unpaired) electrons. The van der Waals surface area contributed by atoms with Crippen molar-refractivity contribution >= 4 is 40.3 Å². The zero-order chi connectivity index (χ0) is 20.5. The van der Waals surface area contributed by atoms with Crippen LogP contribution in [-0.2, 0) is 20.9 Å². The van der Waals surface area contributed by atoms with Gasteiger partial charge < -0.3 is 4.74 Å². The van der Waals surface area contributed by atoms with Crippen LogP contribution in [0.4, 0.5) is 0 Å². The minimum Gasteiger partial charge on any atom is -0.466 e. The van der Waals surface area contributed by atoms with Crippen LogP contribution in [0.25, 0.3) is 6.08 Å². The van der Waals surface area contributed by atoms with E-state index in [4.69, 9.17) is 0 Å². The first-order valence-electron chi connectivity index (χ1n) is 8.83. The summed E-state index contributed by atoms with van der Waals surface area (Å²) in [5.74, 6) is -0.627. The quantitative estimate of drug-likeness (QED) is 0.414. The highest BCUT2D eigenvalue weighted by molar-refractivity contribution is 8.27. The molecule has 0 N–H and O–H groups in total. The Morgan fingerprint density at radius 3 is 2.48 bits per heavy atom. The molecule has 0 unspecified atom stereocenters. The van der Waals surface area contributed by atoms with Gasteiger partial charge in [-0.3, -0.25) is 9.79 Å². The molecule has 1 heterocycles. The summed E-state index contributed by atoms with van der Waals surface area (Å²) in [6.45, 7) is 0.397. The fourth-order valence-corrected chi connectivity index (χ4v) is 3.21. The fraction of sp³-hybridized carbons (Fsp3) is 0.0909. The smallest absolute Gasteiger partial charge is 0.332 e. The van der Waals surface area contributed by atoms with E-state index in [0.29, 0.717) is 11.7 Å². The first-order chi connectivity index (χ1) is 14.2. The minimum absolute atomic E-state index is 0.109. The first kappa shape index (κ1) is 20.3. The number of hydrazone groups is 1. The number of carbonyl (C=O) groups excluding carboxylic acids is 2. The molecular formula is C22H19N3O3S. The van der Waals surface area contributed by atoms with Crippen molar-refractivity contribution in [1.82, 2.24) is 5.01 Å². The van der Waals surface area contributed by atoms with Gasteiger partial charge in [0.1, 0.15) is 5.70 Å². The lowest BCUT2D eigenvalue weighted by atomic mass is 10.2. The number of esters is 1. The molecule has 1 saturated heterocycles. The molecule has 7 heteroatoms. The van der Waals surface area contributed by atoms with Crippen LogP contribution in [0.5, 0.6) is 0 Å². The van der Waals surface area contributed by atoms with Crippen molar-refractivity contribution in [3.63, 3.8) is 0 Å². The molecule has 1 aliphatic rings. The van der Waals surface area contributed by atoms with Crippen molar-refractivity contribution in [2.24, 2.45) is 10.1 Å². The summed E-state index contributed by atoms with van der Waals surface area (Å²) in [7, 11) is 1.26. The third-order valence-electron chi connectivity index (χ3n) is 3.85. The molecular weight excluding hydrogens is 386 g/mol. The predicted molar refractivity (Wildman–Crippen MR) is 116 cm³/mol. The molecule has 0 aliphatic carbocycles. The standard InChI is InChI=1S/C22H19N3O3S/c1-28-20(26)15-19-21(27)29-22(23-16-18-11-6-3-7-12-18)25(19)24-14-8-13-17-9-4-2-5-10-17/h2-15H,16H2,1H3/b13-8+,19-15+,23-22?,24-14+. The lowest BCUT2D eigenvalue weighted by molar-refractivity contribution is -0.135. The molecule has 1 aliphatic heterocycles. The van der Waals surface area contributed by atoms with E-state index in [9.17, 15) is 9.59 Å². The van der Waals surface area contributed by atoms with Gasteiger partial charge in [-0.1, -0.05) is 66.7 Å². The minimum atomic E-state index is -0.627. The Morgan fingerprint density at radius 2 is 1.79 bits per heavy atom. The van der Waals surface area contributed by atoms with E-state index in [1.54, 1.807) is 12.3 Å². The van der Waals surface area contributed by atoms with Gasteiger partial charge in [-0.25, -0.2) is 9.80 Å². The van der Waals surface area contributed by atoms with Gasteiger partial charge >= 0.3 is 5.97 Å². The highest BCUT2D eigenvalue weighted by Crippen LogP contribution is 2.29. The maximum atomic E-state index is 12.4. The summed E-state index contributed by atoms with van der Waals surface area (Å²) in [5, 5.41) is 5.78. The van der Waals surface area contributed by atoms with Crippen LogP contribution in [0.2, 0.25) is 0 Å². The monoisotopic (exact) mass is 405 g/mol. The van der Waals surface area contributed by atoms with Gasteiger partial charge in [-0.15, -0.1) is 0 Å². The summed E-state index contributed by atoms with van der Waals surface area (Å²) in [4.78, 5) is 28.6. The molecule has 2 aromatic carbocycles. The number of carbonyl (C=O) groups is 2. The Morgan fingerprint density at radius 1 is 1.10 bits per heavy atom. The average Bonchev–Trinajstić information content (AvgIpc) is 3.05. The van der Waals surface area contributed by atoms with Gasteiger partial charge in [0.05, 0.1) is 19.7 Å². The molecule has 0 amide bonds. The summed E-state index contributed by atoms with van der Waals surface area (Å²) >= 11 is 0.931. The Hall–Kier alpha value is -3.45. The molecule has 6 nitrogen and oxygen atoms in total.